The highest BCUT2D eigenvalue weighted by Crippen LogP contribution is 2.14. The first-order chi connectivity index (χ1) is 12.1. The van der Waals surface area contributed by atoms with Crippen molar-refractivity contribution in [2.75, 3.05) is 27.2 Å². The lowest BCUT2D eigenvalue weighted by Gasteiger charge is -2.25. The van der Waals surface area contributed by atoms with Crippen LogP contribution >= 0.6 is 0 Å². The van der Waals surface area contributed by atoms with Gasteiger partial charge in [0.25, 0.3) is 0 Å². The Morgan fingerprint density at radius 3 is 2.72 bits per heavy atom. The van der Waals surface area contributed by atoms with Crippen molar-refractivity contribution >= 4 is 5.91 Å². The molecule has 132 valence electrons. The lowest BCUT2D eigenvalue weighted by atomic mass is 10.2. The molecule has 1 heterocycles. The van der Waals surface area contributed by atoms with Crippen LogP contribution in [0.3, 0.4) is 0 Å². The molecule has 1 amide bonds. The zero-order chi connectivity index (χ0) is 18.1. The molecule has 5 heteroatoms. The summed E-state index contributed by atoms with van der Waals surface area (Å²) in [6.45, 7) is 5.83. The van der Waals surface area contributed by atoms with Crippen molar-refractivity contribution in [2.24, 2.45) is 0 Å². The van der Waals surface area contributed by atoms with Crippen molar-refractivity contribution in [2.45, 2.75) is 13.1 Å². The summed E-state index contributed by atoms with van der Waals surface area (Å²) in [5.41, 5.74) is 2.12. The molecule has 0 fully saturated rings. The van der Waals surface area contributed by atoms with Crippen LogP contribution in [0.1, 0.15) is 11.1 Å². The zero-order valence-electron chi connectivity index (χ0n) is 14.9. The number of ether oxygens (including phenoxy) is 1. The van der Waals surface area contributed by atoms with Gasteiger partial charge in [-0.2, -0.15) is 0 Å². The summed E-state index contributed by atoms with van der Waals surface area (Å²) in [6, 6.07) is 11.7. The normalized spacial score (nSPS) is 10.5. The molecule has 0 aliphatic rings. The second kappa shape index (κ2) is 9.59. The van der Waals surface area contributed by atoms with Crippen LogP contribution in [-0.4, -0.2) is 47.9 Å². The Balaban J connectivity index is 1.97. The SMILES string of the molecule is C=CCN(Cc1cccc(OC)c1)C(=O)CN(C)Cc1cccnc1. The summed E-state index contributed by atoms with van der Waals surface area (Å²) >= 11 is 0. The van der Waals surface area contributed by atoms with Crippen molar-refractivity contribution in [1.82, 2.24) is 14.8 Å². The van der Waals surface area contributed by atoms with E-state index in [1.807, 2.05) is 54.5 Å². The number of hydrogen-bond donors (Lipinski definition) is 0. The van der Waals surface area contributed by atoms with Crippen molar-refractivity contribution in [1.29, 1.82) is 0 Å². The molecule has 0 atom stereocenters. The topological polar surface area (TPSA) is 45.7 Å². The summed E-state index contributed by atoms with van der Waals surface area (Å²) in [7, 11) is 3.57. The third-order valence-corrected chi connectivity index (χ3v) is 3.79. The first-order valence-electron chi connectivity index (χ1n) is 8.21. The lowest BCUT2D eigenvalue weighted by molar-refractivity contribution is -0.132. The minimum atomic E-state index is 0.0640. The van der Waals surface area contributed by atoms with Crippen molar-refractivity contribution < 1.29 is 9.53 Å². The van der Waals surface area contributed by atoms with E-state index in [2.05, 4.69) is 11.6 Å². The van der Waals surface area contributed by atoms with Gasteiger partial charge in [0.05, 0.1) is 13.7 Å². The quantitative estimate of drug-likeness (QED) is 0.659. The highest BCUT2D eigenvalue weighted by molar-refractivity contribution is 5.78. The standard InChI is InChI=1S/C20H25N3O2/c1-4-11-23(15-17-7-5-9-19(12-17)25-3)20(24)16-22(2)14-18-8-6-10-21-13-18/h4-10,12-13H,1,11,14-16H2,2-3H3. The molecule has 0 N–H and O–H groups in total. The molecule has 0 spiro atoms. The number of pyridine rings is 1. The summed E-state index contributed by atoms with van der Waals surface area (Å²) in [5.74, 6) is 0.853. The minimum absolute atomic E-state index is 0.0640. The summed E-state index contributed by atoms with van der Waals surface area (Å²) < 4.78 is 5.25. The number of hydrogen-bond acceptors (Lipinski definition) is 4. The van der Waals surface area contributed by atoms with Gasteiger partial charge in [0, 0.05) is 32.0 Å². The maximum Gasteiger partial charge on any atom is 0.237 e. The van der Waals surface area contributed by atoms with E-state index in [4.69, 9.17) is 4.74 Å². The lowest BCUT2D eigenvalue weighted by Crippen LogP contribution is -2.38. The summed E-state index contributed by atoms with van der Waals surface area (Å²) in [6.07, 6.45) is 5.31. The first-order valence-corrected chi connectivity index (χ1v) is 8.21. The third-order valence-electron chi connectivity index (χ3n) is 3.79. The van der Waals surface area contributed by atoms with Gasteiger partial charge in [-0.3, -0.25) is 14.7 Å². The Labute approximate surface area is 149 Å². The Morgan fingerprint density at radius 1 is 1.24 bits per heavy atom. The van der Waals surface area contributed by atoms with Crippen molar-refractivity contribution in [3.05, 3.63) is 72.6 Å². The average Bonchev–Trinajstić information content (AvgIpc) is 2.62. The predicted molar refractivity (Wildman–Crippen MR) is 99.2 cm³/mol. The monoisotopic (exact) mass is 339 g/mol. The van der Waals surface area contributed by atoms with Gasteiger partial charge in [0.2, 0.25) is 5.91 Å². The Bertz CT molecular complexity index is 688. The van der Waals surface area contributed by atoms with E-state index in [1.165, 1.54) is 0 Å². The molecular formula is C20H25N3O2. The molecule has 0 radical (unpaired) electrons. The average molecular weight is 339 g/mol. The van der Waals surface area contributed by atoms with Gasteiger partial charge < -0.3 is 9.64 Å². The van der Waals surface area contributed by atoms with Crippen molar-refractivity contribution in [3.63, 3.8) is 0 Å². The zero-order valence-corrected chi connectivity index (χ0v) is 14.9. The van der Waals surface area contributed by atoms with E-state index < -0.39 is 0 Å². The van der Waals surface area contributed by atoms with E-state index in [0.717, 1.165) is 16.9 Å². The fourth-order valence-corrected chi connectivity index (χ4v) is 2.59. The molecule has 2 rings (SSSR count). The highest BCUT2D eigenvalue weighted by Gasteiger charge is 2.15. The molecule has 25 heavy (non-hydrogen) atoms. The van der Waals surface area contributed by atoms with E-state index in [9.17, 15) is 4.79 Å². The van der Waals surface area contributed by atoms with Gasteiger partial charge in [-0.05, 0) is 36.4 Å². The summed E-state index contributed by atoms with van der Waals surface area (Å²) in [4.78, 5) is 20.6. The van der Waals surface area contributed by atoms with Crippen LogP contribution in [0.2, 0.25) is 0 Å². The number of carbonyl (C=O) groups excluding carboxylic acids is 1. The maximum atomic E-state index is 12.7. The van der Waals surface area contributed by atoms with Crippen LogP contribution in [0.15, 0.2) is 61.4 Å². The smallest absolute Gasteiger partial charge is 0.237 e. The van der Waals surface area contributed by atoms with Gasteiger partial charge in [0.15, 0.2) is 0 Å². The van der Waals surface area contributed by atoms with Crippen LogP contribution in [0, 0.1) is 0 Å². The molecule has 1 aromatic heterocycles. The first kappa shape index (κ1) is 18.7. The number of aromatic nitrogens is 1. The molecule has 0 aliphatic heterocycles. The fourth-order valence-electron chi connectivity index (χ4n) is 2.59. The second-order valence-electron chi connectivity index (χ2n) is 5.95. The van der Waals surface area contributed by atoms with E-state index in [-0.39, 0.29) is 5.91 Å². The molecule has 2 aromatic rings. The number of methoxy groups -OCH3 is 1. The molecule has 0 aliphatic carbocycles. The predicted octanol–water partition coefficient (Wildman–Crippen LogP) is 2.74. The van der Waals surface area contributed by atoms with Crippen LogP contribution in [0.5, 0.6) is 5.75 Å². The van der Waals surface area contributed by atoms with E-state index in [0.29, 0.717) is 26.2 Å². The van der Waals surface area contributed by atoms with Crippen LogP contribution in [-0.2, 0) is 17.9 Å². The number of amides is 1. The van der Waals surface area contributed by atoms with Gasteiger partial charge in [-0.15, -0.1) is 6.58 Å². The summed E-state index contributed by atoms with van der Waals surface area (Å²) in [5, 5.41) is 0. The van der Waals surface area contributed by atoms with Crippen LogP contribution < -0.4 is 4.74 Å². The molecule has 0 bridgehead atoms. The van der Waals surface area contributed by atoms with Gasteiger partial charge in [0.1, 0.15) is 5.75 Å². The second-order valence-corrected chi connectivity index (χ2v) is 5.95. The van der Waals surface area contributed by atoms with Crippen molar-refractivity contribution in [3.8, 4) is 5.75 Å². The maximum absolute atomic E-state index is 12.7. The van der Waals surface area contributed by atoms with Gasteiger partial charge in [-0.25, -0.2) is 0 Å². The Morgan fingerprint density at radius 2 is 2.04 bits per heavy atom. The third kappa shape index (κ3) is 6.04. The number of nitrogens with zero attached hydrogens (tertiary/aromatic N) is 3. The highest BCUT2D eigenvalue weighted by atomic mass is 16.5. The van der Waals surface area contributed by atoms with Gasteiger partial charge >= 0.3 is 0 Å². The molecule has 0 saturated heterocycles. The number of benzene rings is 1. The fraction of sp³-hybridized carbons (Fsp3) is 0.300. The van der Waals surface area contributed by atoms with Crippen LogP contribution in [0.4, 0.5) is 0 Å². The number of likely N-dealkylation sites (N-methyl/N-ethyl adjacent to an activating group) is 1. The number of carbonyl (C=O) groups is 1. The Hall–Kier alpha value is -2.66. The molecule has 0 saturated carbocycles. The molecule has 0 unspecified atom stereocenters. The van der Waals surface area contributed by atoms with Gasteiger partial charge in [-0.1, -0.05) is 24.3 Å². The van der Waals surface area contributed by atoms with Crippen LogP contribution in [0.25, 0.3) is 0 Å². The molecular weight excluding hydrogens is 314 g/mol. The molecule has 1 aromatic carbocycles. The van der Waals surface area contributed by atoms with E-state index >= 15 is 0 Å². The van der Waals surface area contributed by atoms with E-state index in [1.54, 1.807) is 24.3 Å². The minimum Gasteiger partial charge on any atom is -0.497 e. The Kier molecular flexibility index (Phi) is 7.16. The molecule has 5 nitrogen and oxygen atoms in total. The largest absolute Gasteiger partial charge is 0.497 e. The number of rotatable bonds is 9.